The summed E-state index contributed by atoms with van der Waals surface area (Å²) in [5.74, 6) is -2.32. The van der Waals surface area contributed by atoms with Crippen molar-refractivity contribution in [2.24, 2.45) is 5.16 Å². The van der Waals surface area contributed by atoms with E-state index in [-0.39, 0.29) is 5.71 Å². The summed E-state index contributed by atoms with van der Waals surface area (Å²) >= 11 is 0. The molecule has 0 fully saturated rings. The first kappa shape index (κ1) is 16.2. The number of hydrogen-bond donors (Lipinski definition) is 1. The van der Waals surface area contributed by atoms with Gasteiger partial charge in [0.25, 0.3) is 0 Å². The van der Waals surface area contributed by atoms with Crippen molar-refractivity contribution in [3.05, 3.63) is 42.2 Å². The molecule has 2 aromatic rings. The number of oxime groups is 1. The lowest BCUT2D eigenvalue weighted by Crippen LogP contribution is -2.45. The number of nitrogens with zero attached hydrogens (tertiary/aromatic N) is 3. The minimum absolute atomic E-state index is 0.0111. The molecule has 24 heavy (non-hydrogen) atoms. The van der Waals surface area contributed by atoms with Gasteiger partial charge in [0, 0.05) is 5.56 Å². The standard InChI is InChI=1S/C15H12F3N3O3/c1-23-11-7-19-13(20-8-11)10-4-2-9(3-5-10)12-6-14(22,24-21-12)15(16,17)18/h2-5,7-8,22H,6H2,1H3. The van der Waals surface area contributed by atoms with E-state index in [4.69, 9.17) is 4.74 Å². The Morgan fingerprint density at radius 2 is 1.71 bits per heavy atom. The first-order valence-electron chi connectivity index (χ1n) is 6.83. The fraction of sp³-hybridized carbons (Fsp3) is 0.267. The lowest BCUT2D eigenvalue weighted by Gasteiger charge is -2.22. The second-order valence-electron chi connectivity index (χ2n) is 5.11. The van der Waals surface area contributed by atoms with Crippen LogP contribution in [0.15, 0.2) is 41.8 Å². The van der Waals surface area contributed by atoms with Crippen molar-refractivity contribution in [1.82, 2.24) is 9.97 Å². The number of hydrogen-bond acceptors (Lipinski definition) is 6. The molecule has 1 aromatic carbocycles. The lowest BCUT2D eigenvalue weighted by atomic mass is 10.0. The third kappa shape index (κ3) is 2.90. The Labute approximate surface area is 134 Å². The number of aromatic nitrogens is 2. The topological polar surface area (TPSA) is 76.8 Å². The predicted octanol–water partition coefficient (Wildman–Crippen LogP) is 2.53. The van der Waals surface area contributed by atoms with Gasteiger partial charge in [-0.25, -0.2) is 9.97 Å². The summed E-state index contributed by atoms with van der Waals surface area (Å²) in [5, 5.41) is 12.8. The van der Waals surface area contributed by atoms with Gasteiger partial charge in [0.2, 0.25) is 0 Å². The van der Waals surface area contributed by atoms with Gasteiger partial charge in [-0.15, -0.1) is 0 Å². The Hall–Kier alpha value is -2.68. The quantitative estimate of drug-likeness (QED) is 0.930. The van der Waals surface area contributed by atoms with E-state index in [1.807, 2.05) is 0 Å². The molecule has 0 amide bonds. The maximum atomic E-state index is 12.7. The van der Waals surface area contributed by atoms with Gasteiger partial charge in [-0.3, -0.25) is 0 Å². The maximum absolute atomic E-state index is 12.7. The molecule has 1 atom stereocenters. The van der Waals surface area contributed by atoms with Crippen molar-refractivity contribution >= 4 is 5.71 Å². The van der Waals surface area contributed by atoms with Gasteiger partial charge in [0.15, 0.2) is 11.6 Å². The zero-order valence-electron chi connectivity index (χ0n) is 12.4. The average Bonchev–Trinajstić information content (AvgIpc) is 2.99. The summed E-state index contributed by atoms with van der Waals surface area (Å²) in [5.41, 5.74) is 1.09. The zero-order valence-corrected chi connectivity index (χ0v) is 12.4. The van der Waals surface area contributed by atoms with E-state index in [9.17, 15) is 18.3 Å². The van der Waals surface area contributed by atoms with Gasteiger partial charge in [0.05, 0.1) is 31.6 Å². The van der Waals surface area contributed by atoms with Crippen LogP contribution < -0.4 is 4.74 Å². The Bertz CT molecular complexity index is 760. The van der Waals surface area contributed by atoms with Gasteiger partial charge in [0.1, 0.15) is 0 Å². The van der Waals surface area contributed by atoms with Gasteiger partial charge >= 0.3 is 12.0 Å². The van der Waals surface area contributed by atoms with E-state index < -0.39 is 18.4 Å². The molecule has 1 unspecified atom stereocenters. The minimum atomic E-state index is -4.92. The molecular formula is C15H12F3N3O3. The highest BCUT2D eigenvalue weighted by molar-refractivity contribution is 6.01. The highest BCUT2D eigenvalue weighted by Crippen LogP contribution is 2.39. The van der Waals surface area contributed by atoms with Crippen molar-refractivity contribution < 1.29 is 27.9 Å². The number of benzene rings is 1. The fourth-order valence-electron chi connectivity index (χ4n) is 2.11. The number of aliphatic hydroxyl groups is 1. The number of alkyl halides is 3. The number of methoxy groups -OCH3 is 1. The number of rotatable bonds is 3. The first-order chi connectivity index (χ1) is 11.3. The highest BCUT2D eigenvalue weighted by Gasteiger charge is 2.60. The van der Waals surface area contributed by atoms with Crippen molar-refractivity contribution in [1.29, 1.82) is 0 Å². The van der Waals surface area contributed by atoms with E-state index in [2.05, 4.69) is 20.0 Å². The zero-order chi connectivity index (χ0) is 17.4. The molecule has 1 aliphatic rings. The Morgan fingerprint density at radius 3 is 2.21 bits per heavy atom. The molecule has 1 aromatic heterocycles. The van der Waals surface area contributed by atoms with Gasteiger partial charge in [-0.1, -0.05) is 29.4 Å². The SMILES string of the molecule is COc1cnc(-c2ccc(C3=NOC(O)(C(F)(F)F)C3)cc2)nc1. The molecular weight excluding hydrogens is 327 g/mol. The number of halogens is 3. The molecule has 2 heterocycles. The van der Waals surface area contributed by atoms with Crippen molar-refractivity contribution in [2.45, 2.75) is 18.4 Å². The normalized spacial score (nSPS) is 20.5. The Kier molecular flexibility index (Phi) is 3.88. The second-order valence-corrected chi connectivity index (χ2v) is 5.11. The van der Waals surface area contributed by atoms with Crippen LogP contribution >= 0.6 is 0 Å². The van der Waals surface area contributed by atoms with Crippen LogP contribution in [0.2, 0.25) is 0 Å². The Balaban J connectivity index is 1.78. The van der Waals surface area contributed by atoms with E-state index in [1.165, 1.54) is 19.5 Å². The molecule has 0 saturated heterocycles. The third-order valence-electron chi connectivity index (χ3n) is 3.50. The van der Waals surface area contributed by atoms with Crippen LogP contribution in [0, 0.1) is 0 Å². The molecule has 9 heteroatoms. The summed E-state index contributed by atoms with van der Waals surface area (Å²) in [6.07, 6.45) is -2.67. The smallest absolute Gasteiger partial charge is 0.458 e. The minimum Gasteiger partial charge on any atom is -0.494 e. The maximum Gasteiger partial charge on any atom is 0.458 e. The molecule has 6 nitrogen and oxygen atoms in total. The van der Waals surface area contributed by atoms with Gasteiger partial charge < -0.3 is 14.7 Å². The van der Waals surface area contributed by atoms with Crippen molar-refractivity contribution in [2.75, 3.05) is 7.11 Å². The molecule has 0 aliphatic carbocycles. The molecule has 0 spiro atoms. The van der Waals surface area contributed by atoms with Crippen molar-refractivity contribution in [3.8, 4) is 17.1 Å². The largest absolute Gasteiger partial charge is 0.494 e. The number of ether oxygens (including phenoxy) is 1. The summed E-state index contributed by atoms with van der Waals surface area (Å²) in [6.45, 7) is 0. The third-order valence-corrected chi connectivity index (χ3v) is 3.50. The van der Waals surface area contributed by atoms with Gasteiger partial charge in [-0.05, 0) is 5.56 Å². The summed E-state index contributed by atoms with van der Waals surface area (Å²) in [6, 6.07) is 6.41. The van der Waals surface area contributed by atoms with Crippen LogP contribution in [0.4, 0.5) is 13.2 Å². The molecule has 0 bridgehead atoms. The highest BCUT2D eigenvalue weighted by atomic mass is 19.4. The molecule has 1 N–H and O–H groups in total. The summed E-state index contributed by atoms with van der Waals surface area (Å²) in [7, 11) is 1.50. The van der Waals surface area contributed by atoms with Crippen LogP contribution in [-0.4, -0.2) is 39.9 Å². The van der Waals surface area contributed by atoms with Crippen LogP contribution in [0.5, 0.6) is 5.75 Å². The average molecular weight is 339 g/mol. The van der Waals surface area contributed by atoms with Crippen LogP contribution in [0.25, 0.3) is 11.4 Å². The lowest BCUT2D eigenvalue weighted by molar-refractivity contribution is -0.355. The van der Waals surface area contributed by atoms with E-state index >= 15 is 0 Å². The molecule has 3 rings (SSSR count). The summed E-state index contributed by atoms with van der Waals surface area (Å²) in [4.78, 5) is 12.4. The van der Waals surface area contributed by atoms with E-state index in [0.29, 0.717) is 22.7 Å². The van der Waals surface area contributed by atoms with E-state index in [0.717, 1.165) is 0 Å². The van der Waals surface area contributed by atoms with Crippen LogP contribution in [0.3, 0.4) is 0 Å². The van der Waals surface area contributed by atoms with Crippen LogP contribution in [-0.2, 0) is 4.84 Å². The van der Waals surface area contributed by atoms with E-state index in [1.54, 1.807) is 24.3 Å². The predicted molar refractivity (Wildman–Crippen MR) is 77.3 cm³/mol. The fourth-order valence-corrected chi connectivity index (χ4v) is 2.11. The molecule has 1 aliphatic heterocycles. The first-order valence-corrected chi connectivity index (χ1v) is 6.83. The van der Waals surface area contributed by atoms with Crippen molar-refractivity contribution in [3.63, 3.8) is 0 Å². The molecule has 0 radical (unpaired) electrons. The Morgan fingerprint density at radius 1 is 1.12 bits per heavy atom. The monoisotopic (exact) mass is 339 g/mol. The molecule has 0 saturated carbocycles. The second kappa shape index (κ2) is 5.75. The molecule has 126 valence electrons. The summed E-state index contributed by atoms with van der Waals surface area (Å²) < 4.78 is 43.1. The van der Waals surface area contributed by atoms with Crippen LogP contribution in [0.1, 0.15) is 12.0 Å². The van der Waals surface area contributed by atoms with Gasteiger partial charge in [-0.2, -0.15) is 13.2 Å².